The van der Waals surface area contributed by atoms with Crippen molar-refractivity contribution in [1.82, 2.24) is 0 Å². The SMILES string of the molecule is CC(C=O)c1ccccc1.C[C@@H](C(=O)N(O)c1ccccc1)c1ccccc1.O=Nc1ccccc1. The maximum absolute atomic E-state index is 12.1. The number of hydrogen-bond donors (Lipinski definition) is 1. The zero-order valence-electron chi connectivity index (χ0n) is 20.3. The lowest BCUT2D eigenvalue weighted by atomic mass is 10.0. The van der Waals surface area contributed by atoms with Crippen molar-refractivity contribution in [2.24, 2.45) is 5.18 Å². The van der Waals surface area contributed by atoms with Gasteiger partial charge >= 0.3 is 0 Å². The monoisotopic (exact) mass is 482 g/mol. The van der Waals surface area contributed by atoms with E-state index in [9.17, 15) is 19.7 Å². The van der Waals surface area contributed by atoms with Gasteiger partial charge < -0.3 is 4.79 Å². The van der Waals surface area contributed by atoms with Crippen LogP contribution in [0.15, 0.2) is 127 Å². The van der Waals surface area contributed by atoms with Gasteiger partial charge in [0.2, 0.25) is 0 Å². The van der Waals surface area contributed by atoms with E-state index in [4.69, 9.17) is 0 Å². The Morgan fingerprint density at radius 1 is 0.722 bits per heavy atom. The number of rotatable bonds is 6. The van der Waals surface area contributed by atoms with Crippen LogP contribution in [0.5, 0.6) is 0 Å². The van der Waals surface area contributed by atoms with Gasteiger partial charge in [0, 0.05) is 5.92 Å². The number of amides is 1. The van der Waals surface area contributed by atoms with Crippen LogP contribution in [0.1, 0.15) is 36.8 Å². The lowest BCUT2D eigenvalue weighted by Gasteiger charge is -2.19. The molecule has 0 bridgehead atoms. The standard InChI is InChI=1S/C15H15NO2.C9H10O.C6H5NO/c1-12(13-8-4-2-5-9-13)15(17)16(18)14-10-6-3-7-11-14;1-8(7-10)9-5-3-2-4-6-9;8-7-6-4-2-1-3-5-6/h2-12,18H,1H3;2-8H,1H3;1-5H/t12-;;/m1../s1. The van der Waals surface area contributed by atoms with E-state index < -0.39 is 0 Å². The molecule has 0 fully saturated rings. The lowest BCUT2D eigenvalue weighted by molar-refractivity contribution is -0.124. The average molecular weight is 483 g/mol. The van der Waals surface area contributed by atoms with Crippen LogP contribution in [0.25, 0.3) is 0 Å². The summed E-state index contributed by atoms with van der Waals surface area (Å²) in [4.78, 5) is 32.2. The Labute approximate surface area is 211 Å². The molecule has 4 aromatic carbocycles. The summed E-state index contributed by atoms with van der Waals surface area (Å²) >= 11 is 0. The van der Waals surface area contributed by atoms with E-state index in [2.05, 4.69) is 5.18 Å². The summed E-state index contributed by atoms with van der Waals surface area (Å²) < 4.78 is 0. The van der Waals surface area contributed by atoms with Gasteiger partial charge in [-0.1, -0.05) is 104 Å². The summed E-state index contributed by atoms with van der Waals surface area (Å²) in [5.74, 6) is -0.690. The van der Waals surface area contributed by atoms with E-state index in [1.807, 2.05) is 79.7 Å². The lowest BCUT2D eigenvalue weighted by Crippen LogP contribution is -2.31. The first-order valence-corrected chi connectivity index (χ1v) is 11.5. The highest BCUT2D eigenvalue weighted by Crippen LogP contribution is 2.20. The number of aldehydes is 1. The molecule has 4 aromatic rings. The third-order valence-electron chi connectivity index (χ3n) is 5.27. The number of nitroso groups, excluding NO2 is 1. The number of benzene rings is 4. The molecule has 1 unspecified atom stereocenters. The molecule has 0 saturated carbocycles. The molecule has 184 valence electrons. The third-order valence-corrected chi connectivity index (χ3v) is 5.27. The zero-order valence-corrected chi connectivity index (χ0v) is 20.3. The smallest absolute Gasteiger partial charge is 0.257 e. The van der Waals surface area contributed by atoms with Crippen LogP contribution in [0.2, 0.25) is 0 Å². The summed E-state index contributed by atoms with van der Waals surface area (Å²) in [7, 11) is 0. The van der Waals surface area contributed by atoms with Crippen LogP contribution >= 0.6 is 0 Å². The summed E-state index contributed by atoms with van der Waals surface area (Å²) in [5.41, 5.74) is 2.92. The van der Waals surface area contributed by atoms with E-state index in [0.29, 0.717) is 16.4 Å². The van der Waals surface area contributed by atoms with Crippen LogP contribution in [0, 0.1) is 4.91 Å². The van der Waals surface area contributed by atoms with Gasteiger partial charge in [0.15, 0.2) is 0 Å². The maximum atomic E-state index is 12.1. The fourth-order valence-electron chi connectivity index (χ4n) is 3.09. The Morgan fingerprint density at radius 3 is 1.56 bits per heavy atom. The first-order chi connectivity index (χ1) is 17.5. The number of carbonyl (C=O) groups excluding carboxylic acids is 2. The van der Waals surface area contributed by atoms with Gasteiger partial charge in [-0.2, -0.15) is 5.06 Å². The van der Waals surface area contributed by atoms with Crippen molar-refractivity contribution in [3.05, 3.63) is 137 Å². The summed E-state index contributed by atoms with van der Waals surface area (Å²) in [6, 6.07) is 36.6. The fraction of sp³-hybridized carbons (Fsp3) is 0.133. The minimum absolute atomic E-state index is 0.0289. The highest BCUT2D eigenvalue weighted by Gasteiger charge is 2.21. The van der Waals surface area contributed by atoms with Crippen LogP contribution in [0.3, 0.4) is 0 Å². The topological polar surface area (TPSA) is 87.0 Å². The van der Waals surface area contributed by atoms with Crippen LogP contribution in [-0.4, -0.2) is 17.4 Å². The second kappa shape index (κ2) is 15.5. The molecule has 0 saturated heterocycles. The van der Waals surface area contributed by atoms with Crippen molar-refractivity contribution >= 4 is 23.6 Å². The van der Waals surface area contributed by atoms with Gasteiger partial charge in [-0.15, -0.1) is 4.91 Å². The Kier molecular flexibility index (Phi) is 12.0. The predicted molar refractivity (Wildman–Crippen MR) is 143 cm³/mol. The Balaban J connectivity index is 0.000000213. The molecule has 0 heterocycles. The number of hydrogen-bond acceptors (Lipinski definition) is 5. The summed E-state index contributed by atoms with van der Waals surface area (Å²) in [5, 5.41) is 13.3. The first-order valence-electron chi connectivity index (χ1n) is 11.5. The fourth-order valence-corrected chi connectivity index (χ4v) is 3.09. The van der Waals surface area contributed by atoms with Crippen molar-refractivity contribution in [1.29, 1.82) is 0 Å². The van der Waals surface area contributed by atoms with Gasteiger partial charge in [0.05, 0.1) is 11.6 Å². The van der Waals surface area contributed by atoms with E-state index in [-0.39, 0.29) is 17.7 Å². The van der Waals surface area contributed by atoms with Gasteiger partial charge in [-0.25, -0.2) is 0 Å². The maximum Gasteiger partial charge on any atom is 0.257 e. The van der Waals surface area contributed by atoms with Crippen LogP contribution < -0.4 is 5.06 Å². The number of hydroxylamine groups is 1. The molecule has 1 N–H and O–H groups in total. The second-order valence-electron chi connectivity index (χ2n) is 7.88. The Bertz CT molecular complexity index is 1120. The quantitative estimate of drug-likeness (QED) is 0.135. The van der Waals surface area contributed by atoms with Crippen LogP contribution in [0.4, 0.5) is 11.4 Å². The van der Waals surface area contributed by atoms with Crippen molar-refractivity contribution in [3.63, 3.8) is 0 Å². The minimum Gasteiger partial charge on any atom is -0.303 e. The normalized spacial score (nSPS) is 11.3. The van der Waals surface area contributed by atoms with Crippen molar-refractivity contribution in [3.8, 4) is 0 Å². The largest absolute Gasteiger partial charge is 0.303 e. The third kappa shape index (κ3) is 9.08. The van der Waals surface area contributed by atoms with E-state index >= 15 is 0 Å². The molecule has 0 aliphatic heterocycles. The summed E-state index contributed by atoms with van der Waals surface area (Å²) in [6.45, 7) is 3.67. The second-order valence-corrected chi connectivity index (χ2v) is 7.88. The molecule has 6 nitrogen and oxygen atoms in total. The molecule has 0 aromatic heterocycles. The van der Waals surface area contributed by atoms with Gasteiger partial charge in [0.25, 0.3) is 5.91 Å². The number of carbonyl (C=O) groups is 2. The minimum atomic E-state index is -0.378. The van der Waals surface area contributed by atoms with Gasteiger partial charge in [-0.3, -0.25) is 10.0 Å². The number of anilines is 1. The highest BCUT2D eigenvalue weighted by atomic mass is 16.5. The number of nitrogens with zero attached hydrogens (tertiary/aromatic N) is 2. The van der Waals surface area contributed by atoms with E-state index in [0.717, 1.165) is 17.4 Å². The average Bonchev–Trinajstić information content (AvgIpc) is 2.98. The molecule has 6 heteroatoms. The molecule has 1 amide bonds. The molecule has 0 spiro atoms. The molecular weight excluding hydrogens is 452 g/mol. The molecular formula is C30H30N2O4. The molecule has 36 heavy (non-hydrogen) atoms. The Hall–Kier alpha value is -4.42. The van der Waals surface area contributed by atoms with Crippen LogP contribution in [-0.2, 0) is 9.59 Å². The van der Waals surface area contributed by atoms with Crippen molar-refractivity contribution < 1.29 is 14.8 Å². The molecule has 0 aliphatic rings. The first kappa shape index (κ1) is 27.8. The summed E-state index contributed by atoms with van der Waals surface area (Å²) in [6.07, 6.45) is 0.954. The van der Waals surface area contributed by atoms with Crippen molar-refractivity contribution in [2.75, 3.05) is 5.06 Å². The van der Waals surface area contributed by atoms with E-state index in [1.165, 1.54) is 0 Å². The number of para-hydroxylation sites is 1. The van der Waals surface area contributed by atoms with Gasteiger partial charge in [0.1, 0.15) is 12.0 Å². The molecule has 4 rings (SSSR count). The van der Waals surface area contributed by atoms with Crippen molar-refractivity contribution in [2.45, 2.75) is 25.7 Å². The molecule has 0 aliphatic carbocycles. The van der Waals surface area contributed by atoms with E-state index in [1.54, 1.807) is 55.5 Å². The molecule has 2 atom stereocenters. The Morgan fingerprint density at radius 2 is 1.14 bits per heavy atom. The predicted octanol–water partition coefficient (Wildman–Crippen LogP) is 7.29. The highest BCUT2D eigenvalue weighted by molar-refractivity contribution is 5.95. The molecule has 0 radical (unpaired) electrons. The van der Waals surface area contributed by atoms with Gasteiger partial charge in [-0.05, 0) is 47.5 Å². The zero-order chi connectivity index (χ0) is 26.2.